The van der Waals surface area contributed by atoms with E-state index in [0.717, 1.165) is 11.1 Å². The Hall–Kier alpha value is -1.72. The summed E-state index contributed by atoms with van der Waals surface area (Å²) in [6.07, 6.45) is 0. The molecule has 2 aromatic rings. The van der Waals surface area contributed by atoms with Gasteiger partial charge < -0.3 is 4.74 Å². The Morgan fingerprint density at radius 2 is 1.95 bits per heavy atom. The van der Waals surface area contributed by atoms with E-state index in [-0.39, 0.29) is 11.8 Å². The van der Waals surface area contributed by atoms with Crippen LogP contribution >= 0.6 is 15.9 Å². The predicted molar refractivity (Wildman–Crippen MR) is 82.1 cm³/mol. The number of methoxy groups -OCH3 is 1. The summed E-state index contributed by atoms with van der Waals surface area (Å²) in [6, 6.07) is 13.5. The largest absolute Gasteiger partial charge is 0.468 e. The minimum absolute atomic E-state index is 0.330. The van der Waals surface area contributed by atoms with Crippen LogP contribution in [0.3, 0.4) is 0 Å². The first-order valence-electron chi connectivity index (χ1n) is 6.42. The highest BCUT2D eigenvalue weighted by Gasteiger charge is 2.21. The number of benzene rings is 2. The number of carbonyl (C=O) groups excluding carboxylic acids is 1. The van der Waals surface area contributed by atoms with Crippen LogP contribution in [0.25, 0.3) is 0 Å². The summed E-state index contributed by atoms with van der Waals surface area (Å²) in [5, 5.41) is 3.10. The van der Waals surface area contributed by atoms with Crippen molar-refractivity contribution >= 4 is 21.9 Å². The number of carbonyl (C=O) groups is 1. The summed E-state index contributed by atoms with van der Waals surface area (Å²) in [6.45, 7) is 0.340. The Balaban J connectivity index is 2.17. The zero-order valence-corrected chi connectivity index (χ0v) is 13.1. The fraction of sp³-hybridized carbons (Fsp3) is 0.188. The minimum atomic E-state index is -0.591. The minimum Gasteiger partial charge on any atom is -0.468 e. The van der Waals surface area contributed by atoms with E-state index in [0.29, 0.717) is 11.0 Å². The van der Waals surface area contributed by atoms with Crippen molar-refractivity contribution in [3.05, 3.63) is 69.9 Å². The molecule has 0 saturated heterocycles. The molecule has 0 spiro atoms. The van der Waals surface area contributed by atoms with Gasteiger partial charge in [0.1, 0.15) is 11.9 Å². The fourth-order valence-electron chi connectivity index (χ4n) is 2.00. The highest BCUT2D eigenvalue weighted by atomic mass is 79.9. The Bertz CT molecular complexity index is 619. The summed E-state index contributed by atoms with van der Waals surface area (Å²) >= 11 is 3.21. The molecule has 0 aliphatic heterocycles. The standard InChI is InChI=1S/C16H15BrFNO2/c1-21-16(20)15(11-6-3-2-4-7-11)19-10-12-8-5-9-13(18)14(12)17/h2-9,15,19H,10H2,1H3. The van der Waals surface area contributed by atoms with Gasteiger partial charge in [0.25, 0.3) is 0 Å². The zero-order valence-electron chi connectivity index (χ0n) is 11.5. The molecular formula is C16H15BrFNO2. The van der Waals surface area contributed by atoms with Crippen LogP contribution in [-0.4, -0.2) is 13.1 Å². The van der Waals surface area contributed by atoms with E-state index in [1.54, 1.807) is 12.1 Å². The molecule has 0 heterocycles. The van der Waals surface area contributed by atoms with Crippen LogP contribution in [-0.2, 0) is 16.1 Å². The van der Waals surface area contributed by atoms with E-state index in [9.17, 15) is 9.18 Å². The third-order valence-corrected chi connectivity index (χ3v) is 3.99. The topological polar surface area (TPSA) is 38.3 Å². The molecule has 5 heteroatoms. The molecule has 2 rings (SSSR count). The zero-order chi connectivity index (χ0) is 15.2. The Morgan fingerprint density at radius 3 is 2.62 bits per heavy atom. The molecule has 0 radical (unpaired) electrons. The van der Waals surface area contributed by atoms with Crippen LogP contribution in [0.1, 0.15) is 17.2 Å². The van der Waals surface area contributed by atoms with Gasteiger partial charge in [-0.25, -0.2) is 9.18 Å². The number of halogens is 2. The van der Waals surface area contributed by atoms with Gasteiger partial charge in [-0.1, -0.05) is 42.5 Å². The smallest absolute Gasteiger partial charge is 0.327 e. The lowest BCUT2D eigenvalue weighted by molar-refractivity contribution is -0.143. The van der Waals surface area contributed by atoms with Gasteiger partial charge in [0.2, 0.25) is 0 Å². The maximum atomic E-state index is 13.5. The van der Waals surface area contributed by atoms with E-state index in [1.807, 2.05) is 30.3 Å². The fourth-order valence-corrected chi connectivity index (χ4v) is 2.40. The molecule has 0 aliphatic rings. The molecule has 3 nitrogen and oxygen atoms in total. The molecule has 1 atom stereocenters. The van der Waals surface area contributed by atoms with Crippen molar-refractivity contribution in [2.45, 2.75) is 12.6 Å². The molecule has 2 aromatic carbocycles. The predicted octanol–water partition coefficient (Wildman–Crippen LogP) is 3.59. The van der Waals surface area contributed by atoms with Gasteiger partial charge in [0.05, 0.1) is 11.6 Å². The van der Waals surface area contributed by atoms with Gasteiger partial charge in [0, 0.05) is 6.54 Å². The summed E-state index contributed by atoms with van der Waals surface area (Å²) in [5.74, 6) is -0.711. The van der Waals surface area contributed by atoms with Crippen molar-refractivity contribution in [3.63, 3.8) is 0 Å². The van der Waals surface area contributed by atoms with Gasteiger partial charge in [-0.2, -0.15) is 0 Å². The second kappa shape index (κ2) is 7.33. The van der Waals surface area contributed by atoms with E-state index in [1.165, 1.54) is 13.2 Å². The van der Waals surface area contributed by atoms with Crippen LogP contribution in [0.5, 0.6) is 0 Å². The van der Waals surface area contributed by atoms with Gasteiger partial charge in [-0.3, -0.25) is 5.32 Å². The Labute approximate surface area is 131 Å². The van der Waals surface area contributed by atoms with Crippen molar-refractivity contribution in [3.8, 4) is 0 Å². The Morgan fingerprint density at radius 1 is 1.24 bits per heavy atom. The molecule has 21 heavy (non-hydrogen) atoms. The number of hydrogen-bond acceptors (Lipinski definition) is 3. The van der Waals surface area contributed by atoms with Gasteiger partial charge in [-0.05, 0) is 33.1 Å². The van der Waals surface area contributed by atoms with Crippen LogP contribution in [0.2, 0.25) is 0 Å². The molecule has 1 unspecified atom stereocenters. The second-order valence-corrected chi connectivity index (χ2v) is 5.25. The molecular weight excluding hydrogens is 337 g/mol. The summed E-state index contributed by atoms with van der Waals surface area (Å²) < 4.78 is 18.7. The number of ether oxygens (including phenoxy) is 1. The average Bonchev–Trinajstić information content (AvgIpc) is 2.52. The number of nitrogens with one attached hydrogen (secondary N) is 1. The summed E-state index contributed by atoms with van der Waals surface area (Å²) in [4.78, 5) is 11.9. The maximum absolute atomic E-state index is 13.5. The third kappa shape index (κ3) is 3.89. The number of rotatable bonds is 5. The SMILES string of the molecule is COC(=O)C(NCc1cccc(F)c1Br)c1ccccc1. The van der Waals surface area contributed by atoms with Crippen molar-refractivity contribution in [2.24, 2.45) is 0 Å². The normalized spacial score (nSPS) is 12.0. The summed E-state index contributed by atoms with van der Waals surface area (Å²) in [7, 11) is 1.35. The lowest BCUT2D eigenvalue weighted by Gasteiger charge is -2.17. The highest BCUT2D eigenvalue weighted by Crippen LogP contribution is 2.22. The van der Waals surface area contributed by atoms with Gasteiger partial charge >= 0.3 is 5.97 Å². The maximum Gasteiger partial charge on any atom is 0.327 e. The van der Waals surface area contributed by atoms with Crippen LogP contribution in [0.15, 0.2) is 53.0 Å². The molecule has 0 aromatic heterocycles. The molecule has 0 aliphatic carbocycles. The first kappa shape index (κ1) is 15.7. The summed E-state index contributed by atoms with van der Waals surface area (Å²) in [5.41, 5.74) is 1.54. The quantitative estimate of drug-likeness (QED) is 0.836. The van der Waals surface area contributed by atoms with Crippen LogP contribution in [0, 0.1) is 5.82 Å². The first-order chi connectivity index (χ1) is 10.1. The van der Waals surface area contributed by atoms with E-state index in [4.69, 9.17) is 4.74 Å². The van der Waals surface area contributed by atoms with Crippen molar-refractivity contribution in [1.29, 1.82) is 0 Å². The van der Waals surface area contributed by atoms with Crippen LogP contribution in [0.4, 0.5) is 4.39 Å². The van der Waals surface area contributed by atoms with Crippen molar-refractivity contribution < 1.29 is 13.9 Å². The third-order valence-electron chi connectivity index (χ3n) is 3.10. The molecule has 1 N–H and O–H groups in total. The Kier molecular flexibility index (Phi) is 5.47. The first-order valence-corrected chi connectivity index (χ1v) is 7.22. The monoisotopic (exact) mass is 351 g/mol. The second-order valence-electron chi connectivity index (χ2n) is 4.46. The average molecular weight is 352 g/mol. The highest BCUT2D eigenvalue weighted by molar-refractivity contribution is 9.10. The lowest BCUT2D eigenvalue weighted by Crippen LogP contribution is -2.29. The van der Waals surface area contributed by atoms with Gasteiger partial charge in [0.15, 0.2) is 0 Å². The lowest BCUT2D eigenvalue weighted by atomic mass is 10.1. The molecule has 0 saturated carbocycles. The number of hydrogen-bond donors (Lipinski definition) is 1. The van der Waals surface area contributed by atoms with Crippen LogP contribution < -0.4 is 5.32 Å². The van der Waals surface area contributed by atoms with E-state index < -0.39 is 6.04 Å². The molecule has 0 amide bonds. The molecule has 0 bridgehead atoms. The van der Waals surface area contributed by atoms with Crippen molar-refractivity contribution in [1.82, 2.24) is 5.32 Å². The molecule has 0 fully saturated rings. The van der Waals surface area contributed by atoms with Crippen molar-refractivity contribution in [2.75, 3.05) is 7.11 Å². The van der Waals surface area contributed by atoms with E-state index in [2.05, 4.69) is 21.2 Å². The number of esters is 1. The molecule has 110 valence electrons. The van der Waals surface area contributed by atoms with Gasteiger partial charge in [-0.15, -0.1) is 0 Å². The van der Waals surface area contributed by atoms with E-state index >= 15 is 0 Å².